The fraction of sp³-hybridized carbons (Fsp3) is 0.462. The highest BCUT2D eigenvalue weighted by molar-refractivity contribution is 7.89. The van der Waals surface area contributed by atoms with E-state index >= 15 is 0 Å². The zero-order chi connectivity index (χ0) is 15.6. The number of aryl methyl sites for hydroxylation is 1. The fourth-order valence-electron chi connectivity index (χ4n) is 2.19. The van der Waals surface area contributed by atoms with E-state index in [1.54, 1.807) is 17.9 Å². The highest BCUT2D eigenvalue weighted by atomic mass is 35.5. The molecule has 1 heterocycles. The number of methoxy groups -OCH3 is 1. The summed E-state index contributed by atoms with van der Waals surface area (Å²) in [7, 11) is -2.27. The van der Waals surface area contributed by atoms with Gasteiger partial charge in [-0.1, -0.05) is 11.6 Å². The first-order valence-corrected chi connectivity index (χ1v) is 8.25. The van der Waals surface area contributed by atoms with Gasteiger partial charge in [0.05, 0.1) is 7.11 Å². The minimum Gasteiger partial charge on any atom is -0.495 e. The molecule has 0 bridgehead atoms. The maximum atomic E-state index is 12.7. The Labute approximate surface area is 129 Å². The lowest BCUT2D eigenvalue weighted by atomic mass is 10.2. The number of ether oxygens (including phenoxy) is 1. The quantitative estimate of drug-likeness (QED) is 0.775. The van der Waals surface area contributed by atoms with Crippen LogP contribution in [0, 0.1) is 6.92 Å². The summed E-state index contributed by atoms with van der Waals surface area (Å²) in [5.74, 6) is 0.273. The molecule has 0 unspecified atom stereocenters. The number of carbonyl (C=O) groups excluding carboxylic acids is 1. The molecule has 0 atom stereocenters. The number of nitrogens with zero attached hydrogens (tertiary/aromatic N) is 2. The second kappa shape index (κ2) is 6.21. The smallest absolute Gasteiger partial charge is 0.246 e. The van der Waals surface area contributed by atoms with Crippen LogP contribution >= 0.6 is 11.6 Å². The van der Waals surface area contributed by atoms with Crippen molar-refractivity contribution in [3.05, 3.63) is 22.7 Å². The molecule has 0 N–H and O–H groups in total. The maximum absolute atomic E-state index is 12.7. The highest BCUT2D eigenvalue weighted by Crippen LogP contribution is 2.32. The number of halogens is 1. The van der Waals surface area contributed by atoms with Gasteiger partial charge in [-0.15, -0.1) is 0 Å². The molecule has 1 fully saturated rings. The van der Waals surface area contributed by atoms with E-state index in [9.17, 15) is 13.2 Å². The Morgan fingerprint density at radius 2 is 1.86 bits per heavy atom. The van der Waals surface area contributed by atoms with Gasteiger partial charge in [0.1, 0.15) is 10.6 Å². The van der Waals surface area contributed by atoms with Crippen LogP contribution in [0.4, 0.5) is 0 Å². The zero-order valence-electron chi connectivity index (χ0n) is 11.9. The predicted octanol–water partition coefficient (Wildman–Crippen LogP) is 1.12. The lowest BCUT2D eigenvalue weighted by Crippen LogP contribution is -2.48. The van der Waals surface area contributed by atoms with E-state index in [1.807, 2.05) is 0 Å². The van der Waals surface area contributed by atoms with E-state index in [4.69, 9.17) is 16.3 Å². The minimum atomic E-state index is -3.69. The Kier molecular flexibility index (Phi) is 4.75. The number of rotatable bonds is 4. The van der Waals surface area contributed by atoms with Crippen molar-refractivity contribution in [3.63, 3.8) is 0 Å². The third-order valence-corrected chi connectivity index (χ3v) is 5.81. The third-order valence-electron chi connectivity index (χ3n) is 3.49. The van der Waals surface area contributed by atoms with Gasteiger partial charge >= 0.3 is 0 Å². The first kappa shape index (κ1) is 16.1. The second-order valence-electron chi connectivity index (χ2n) is 4.80. The molecule has 1 aliphatic rings. The van der Waals surface area contributed by atoms with Crippen molar-refractivity contribution < 1.29 is 17.9 Å². The average molecular weight is 333 g/mol. The number of hydrogen-bond acceptors (Lipinski definition) is 4. The molecule has 1 saturated heterocycles. The summed E-state index contributed by atoms with van der Waals surface area (Å²) in [6.07, 6.45) is 0.729. The van der Waals surface area contributed by atoms with Crippen molar-refractivity contribution in [1.29, 1.82) is 0 Å². The lowest BCUT2D eigenvalue weighted by molar-refractivity contribution is -0.119. The van der Waals surface area contributed by atoms with Crippen molar-refractivity contribution >= 4 is 28.0 Å². The second-order valence-corrected chi connectivity index (χ2v) is 7.11. The first-order valence-electron chi connectivity index (χ1n) is 6.43. The molecular weight excluding hydrogens is 316 g/mol. The Morgan fingerprint density at radius 3 is 2.38 bits per heavy atom. The standard InChI is InChI=1S/C13H17ClN2O4S/c1-10-7-12(20-2)13(8-11(10)14)21(18,19)16-5-3-15(9-17)4-6-16/h7-9H,3-6H2,1-2H3. The minimum absolute atomic E-state index is 0.0557. The highest BCUT2D eigenvalue weighted by Gasteiger charge is 2.31. The van der Waals surface area contributed by atoms with Crippen LogP contribution in [0.5, 0.6) is 5.75 Å². The summed E-state index contributed by atoms with van der Waals surface area (Å²) in [6.45, 7) is 3.06. The van der Waals surface area contributed by atoms with Crippen molar-refractivity contribution in [2.24, 2.45) is 0 Å². The number of hydrogen-bond donors (Lipinski definition) is 0. The molecule has 0 radical (unpaired) electrons. The lowest BCUT2D eigenvalue weighted by Gasteiger charge is -2.32. The summed E-state index contributed by atoms with van der Waals surface area (Å²) in [4.78, 5) is 12.3. The molecule has 116 valence electrons. The molecule has 1 amide bonds. The van der Waals surface area contributed by atoms with Gasteiger partial charge < -0.3 is 9.64 Å². The molecule has 21 heavy (non-hydrogen) atoms. The molecule has 8 heteroatoms. The van der Waals surface area contributed by atoms with E-state index in [-0.39, 0.29) is 23.7 Å². The van der Waals surface area contributed by atoms with Gasteiger partial charge in [-0.3, -0.25) is 4.79 Å². The SMILES string of the molecule is COc1cc(C)c(Cl)cc1S(=O)(=O)N1CCN(C=O)CC1. The van der Waals surface area contributed by atoms with Gasteiger partial charge in [0.2, 0.25) is 16.4 Å². The number of amides is 1. The fourth-order valence-corrected chi connectivity index (χ4v) is 4.00. The number of sulfonamides is 1. The van der Waals surface area contributed by atoms with Gasteiger partial charge in [0.25, 0.3) is 0 Å². The summed E-state index contributed by atoms with van der Waals surface area (Å²) < 4.78 is 31.9. The van der Waals surface area contributed by atoms with Crippen LogP contribution in [0.2, 0.25) is 5.02 Å². The van der Waals surface area contributed by atoms with Gasteiger partial charge in [-0.25, -0.2) is 8.42 Å². The van der Waals surface area contributed by atoms with Crippen molar-refractivity contribution in [2.45, 2.75) is 11.8 Å². The number of benzene rings is 1. The van der Waals surface area contributed by atoms with Crippen LogP contribution in [0.25, 0.3) is 0 Å². The zero-order valence-corrected chi connectivity index (χ0v) is 13.4. The van der Waals surface area contributed by atoms with E-state index in [1.165, 1.54) is 17.5 Å². The summed E-state index contributed by atoms with van der Waals surface area (Å²) in [5.41, 5.74) is 0.748. The average Bonchev–Trinajstić information content (AvgIpc) is 2.49. The molecule has 1 aromatic rings. The monoisotopic (exact) mass is 332 g/mol. The molecule has 0 spiro atoms. The molecule has 0 aromatic heterocycles. The van der Waals surface area contributed by atoms with Gasteiger partial charge in [0, 0.05) is 31.2 Å². The van der Waals surface area contributed by atoms with Gasteiger partial charge in [-0.05, 0) is 24.6 Å². The molecule has 0 saturated carbocycles. The molecule has 1 aromatic carbocycles. The topological polar surface area (TPSA) is 66.9 Å². The van der Waals surface area contributed by atoms with Crippen LogP contribution in [0.15, 0.2) is 17.0 Å². The van der Waals surface area contributed by atoms with Crippen LogP contribution in [-0.4, -0.2) is 57.3 Å². The van der Waals surface area contributed by atoms with Gasteiger partial charge in [-0.2, -0.15) is 4.31 Å². The van der Waals surface area contributed by atoms with Crippen molar-refractivity contribution in [2.75, 3.05) is 33.3 Å². The molecule has 6 nitrogen and oxygen atoms in total. The van der Waals surface area contributed by atoms with E-state index in [0.717, 1.165) is 12.0 Å². The number of piperazine rings is 1. The van der Waals surface area contributed by atoms with E-state index in [2.05, 4.69) is 0 Å². The van der Waals surface area contributed by atoms with Gasteiger partial charge in [0.15, 0.2) is 0 Å². The Balaban J connectivity index is 2.36. The molecular formula is C13H17ClN2O4S. The predicted molar refractivity (Wildman–Crippen MR) is 79.1 cm³/mol. The van der Waals surface area contributed by atoms with E-state index < -0.39 is 10.0 Å². The normalized spacial score (nSPS) is 16.8. The van der Waals surface area contributed by atoms with Crippen LogP contribution in [0.1, 0.15) is 5.56 Å². The largest absolute Gasteiger partial charge is 0.495 e. The molecule has 2 rings (SSSR count). The van der Waals surface area contributed by atoms with Crippen LogP contribution in [-0.2, 0) is 14.8 Å². The third kappa shape index (κ3) is 3.14. The van der Waals surface area contributed by atoms with Crippen LogP contribution in [0.3, 0.4) is 0 Å². The van der Waals surface area contributed by atoms with Crippen molar-refractivity contribution in [3.8, 4) is 5.75 Å². The Morgan fingerprint density at radius 1 is 1.24 bits per heavy atom. The van der Waals surface area contributed by atoms with E-state index in [0.29, 0.717) is 18.1 Å². The van der Waals surface area contributed by atoms with Crippen LogP contribution < -0.4 is 4.74 Å². The Bertz CT molecular complexity index is 640. The number of carbonyl (C=O) groups is 1. The molecule has 0 aliphatic carbocycles. The summed E-state index contributed by atoms with van der Waals surface area (Å²) in [5, 5.41) is 0.376. The Hall–Kier alpha value is -1.31. The molecule has 1 aliphatic heterocycles. The van der Waals surface area contributed by atoms with Crippen molar-refractivity contribution in [1.82, 2.24) is 9.21 Å². The summed E-state index contributed by atoms with van der Waals surface area (Å²) in [6, 6.07) is 3.02. The first-order chi connectivity index (χ1) is 9.90. The maximum Gasteiger partial charge on any atom is 0.246 e. The summed E-state index contributed by atoms with van der Waals surface area (Å²) >= 11 is 6.04.